The lowest BCUT2D eigenvalue weighted by atomic mass is 9.97. The van der Waals surface area contributed by atoms with Crippen LogP contribution >= 0.6 is 0 Å². The molecule has 1 atom stereocenters. The molecule has 2 rings (SSSR count). The predicted molar refractivity (Wildman–Crippen MR) is 83.0 cm³/mol. The fraction of sp³-hybridized carbons (Fsp3) is 0.222. The lowest BCUT2D eigenvalue weighted by Gasteiger charge is -2.13. The minimum atomic E-state index is -0.662. The molecule has 0 amide bonds. The molecule has 2 aromatic carbocycles. The maximum absolute atomic E-state index is 14.3. The van der Waals surface area contributed by atoms with Crippen molar-refractivity contribution in [2.45, 2.75) is 19.8 Å². The smallest absolute Gasteiger partial charge is 0.316 e. The normalized spacial score (nSPS) is 11.6. The van der Waals surface area contributed by atoms with Gasteiger partial charge < -0.3 is 9.47 Å². The molecule has 0 saturated carbocycles. The summed E-state index contributed by atoms with van der Waals surface area (Å²) in [6.07, 6.45) is 0. The number of carbonyl (C=O) groups excluding carboxylic acids is 2. The van der Waals surface area contributed by atoms with E-state index in [4.69, 9.17) is 4.74 Å². The molecule has 0 aliphatic heterocycles. The fourth-order valence-corrected chi connectivity index (χ4v) is 2.08. The summed E-state index contributed by atoms with van der Waals surface area (Å²) >= 11 is 0. The van der Waals surface area contributed by atoms with Gasteiger partial charge >= 0.3 is 11.9 Å². The molecule has 0 aromatic heterocycles. The van der Waals surface area contributed by atoms with E-state index in [1.54, 1.807) is 19.1 Å². The van der Waals surface area contributed by atoms with Crippen molar-refractivity contribution < 1.29 is 23.5 Å². The first-order chi connectivity index (χ1) is 11.0. The van der Waals surface area contributed by atoms with E-state index in [0.717, 1.165) is 5.56 Å². The van der Waals surface area contributed by atoms with Gasteiger partial charge in [-0.25, -0.2) is 4.39 Å². The van der Waals surface area contributed by atoms with Crippen LogP contribution < -0.4 is 0 Å². The number of esters is 2. The zero-order chi connectivity index (χ0) is 16.8. The molecule has 5 heteroatoms. The standard InChI is InChI=1S/C18H17FO4/c1-12(18(21)23-11-22-13(2)20)15-8-9-16(17(19)10-15)14-6-4-3-5-7-14/h3-10,12H,11H2,1-2H3. The van der Waals surface area contributed by atoms with E-state index in [1.807, 2.05) is 30.3 Å². The second-order valence-electron chi connectivity index (χ2n) is 5.04. The third-order valence-electron chi connectivity index (χ3n) is 3.39. The maximum atomic E-state index is 14.3. The highest BCUT2D eigenvalue weighted by Gasteiger charge is 2.19. The molecular formula is C18H17FO4. The molecule has 1 unspecified atom stereocenters. The molecule has 0 spiro atoms. The van der Waals surface area contributed by atoms with Crippen LogP contribution in [0, 0.1) is 5.82 Å². The van der Waals surface area contributed by atoms with Crippen LogP contribution in [0.15, 0.2) is 48.5 Å². The molecule has 0 N–H and O–H groups in total. The van der Waals surface area contributed by atoms with Gasteiger partial charge in [-0.1, -0.05) is 42.5 Å². The summed E-state index contributed by atoms with van der Waals surface area (Å²) in [6.45, 7) is 2.38. The van der Waals surface area contributed by atoms with Crippen molar-refractivity contribution in [3.05, 3.63) is 59.9 Å². The maximum Gasteiger partial charge on any atom is 0.316 e. The Morgan fingerprint density at radius 1 is 1.09 bits per heavy atom. The molecule has 0 heterocycles. The average Bonchev–Trinajstić information content (AvgIpc) is 2.54. The number of rotatable bonds is 5. The monoisotopic (exact) mass is 316 g/mol. The predicted octanol–water partition coefficient (Wildman–Crippen LogP) is 3.66. The molecule has 0 saturated heterocycles. The summed E-state index contributed by atoms with van der Waals surface area (Å²) in [5.41, 5.74) is 1.73. The van der Waals surface area contributed by atoms with Crippen molar-refractivity contribution in [2.24, 2.45) is 0 Å². The van der Waals surface area contributed by atoms with Crippen LogP contribution in [0.5, 0.6) is 0 Å². The van der Waals surface area contributed by atoms with Gasteiger partial charge in [0.05, 0.1) is 5.92 Å². The van der Waals surface area contributed by atoms with Crippen molar-refractivity contribution >= 4 is 11.9 Å². The number of halogens is 1. The topological polar surface area (TPSA) is 52.6 Å². The summed E-state index contributed by atoms with van der Waals surface area (Å²) in [7, 11) is 0. The highest BCUT2D eigenvalue weighted by molar-refractivity contribution is 5.78. The summed E-state index contributed by atoms with van der Waals surface area (Å²) in [6, 6.07) is 13.8. The highest BCUT2D eigenvalue weighted by Crippen LogP contribution is 2.26. The average molecular weight is 316 g/mol. The van der Waals surface area contributed by atoms with Crippen LogP contribution in [0.2, 0.25) is 0 Å². The second kappa shape index (κ2) is 7.54. The molecule has 0 aliphatic carbocycles. The van der Waals surface area contributed by atoms with Gasteiger partial charge in [0.25, 0.3) is 0 Å². The summed E-state index contributed by atoms with van der Waals surface area (Å²) < 4.78 is 23.7. The Morgan fingerprint density at radius 3 is 2.39 bits per heavy atom. The van der Waals surface area contributed by atoms with Crippen LogP contribution in [0.1, 0.15) is 25.3 Å². The number of hydrogen-bond acceptors (Lipinski definition) is 4. The van der Waals surface area contributed by atoms with Gasteiger partial charge in [-0.05, 0) is 24.1 Å². The molecule has 0 aliphatic rings. The minimum absolute atomic E-state index is 0.409. The second-order valence-corrected chi connectivity index (χ2v) is 5.04. The first kappa shape index (κ1) is 16.7. The Kier molecular flexibility index (Phi) is 5.46. The van der Waals surface area contributed by atoms with Gasteiger partial charge in [0, 0.05) is 12.5 Å². The van der Waals surface area contributed by atoms with E-state index in [9.17, 15) is 14.0 Å². The van der Waals surface area contributed by atoms with E-state index in [1.165, 1.54) is 13.0 Å². The van der Waals surface area contributed by atoms with Gasteiger partial charge in [0.2, 0.25) is 6.79 Å². The minimum Gasteiger partial charge on any atom is -0.428 e. The van der Waals surface area contributed by atoms with Crippen LogP contribution in [0.4, 0.5) is 4.39 Å². The van der Waals surface area contributed by atoms with E-state index in [0.29, 0.717) is 11.1 Å². The molecule has 2 aromatic rings. The Labute approximate surface area is 133 Å². The molecule has 120 valence electrons. The van der Waals surface area contributed by atoms with Crippen LogP contribution in [-0.2, 0) is 19.1 Å². The molecule has 4 nitrogen and oxygen atoms in total. The Balaban J connectivity index is 2.10. The first-order valence-corrected chi connectivity index (χ1v) is 7.14. The fourth-order valence-electron chi connectivity index (χ4n) is 2.08. The van der Waals surface area contributed by atoms with E-state index in [2.05, 4.69) is 4.74 Å². The Bertz CT molecular complexity index is 697. The molecule has 0 fully saturated rings. The Hall–Kier alpha value is -2.69. The third-order valence-corrected chi connectivity index (χ3v) is 3.39. The first-order valence-electron chi connectivity index (χ1n) is 7.14. The van der Waals surface area contributed by atoms with Crippen LogP contribution in [0.3, 0.4) is 0 Å². The van der Waals surface area contributed by atoms with Crippen molar-refractivity contribution in [1.82, 2.24) is 0 Å². The number of ether oxygens (including phenoxy) is 2. The lowest BCUT2D eigenvalue weighted by Crippen LogP contribution is -2.16. The van der Waals surface area contributed by atoms with Crippen molar-refractivity contribution in [3.8, 4) is 11.1 Å². The molecule has 23 heavy (non-hydrogen) atoms. The van der Waals surface area contributed by atoms with Crippen molar-refractivity contribution in [2.75, 3.05) is 6.79 Å². The van der Waals surface area contributed by atoms with E-state index in [-0.39, 0.29) is 0 Å². The highest BCUT2D eigenvalue weighted by atomic mass is 19.1. The van der Waals surface area contributed by atoms with Gasteiger partial charge in [-0.3, -0.25) is 9.59 Å². The number of hydrogen-bond donors (Lipinski definition) is 0. The van der Waals surface area contributed by atoms with Gasteiger partial charge in [0.1, 0.15) is 5.82 Å². The largest absolute Gasteiger partial charge is 0.428 e. The SMILES string of the molecule is CC(=O)OCOC(=O)C(C)c1ccc(-c2ccccc2)c(F)c1. The summed E-state index contributed by atoms with van der Waals surface area (Å²) in [5.74, 6) is -2.19. The number of carbonyl (C=O) groups is 2. The molecule has 0 radical (unpaired) electrons. The van der Waals surface area contributed by atoms with E-state index < -0.39 is 30.5 Å². The quantitative estimate of drug-likeness (QED) is 0.624. The molecule has 0 bridgehead atoms. The van der Waals surface area contributed by atoms with Gasteiger partial charge in [-0.15, -0.1) is 0 Å². The Morgan fingerprint density at radius 2 is 1.78 bits per heavy atom. The summed E-state index contributed by atoms with van der Waals surface area (Å²) in [5, 5.41) is 0. The van der Waals surface area contributed by atoms with Gasteiger partial charge in [0.15, 0.2) is 0 Å². The third kappa shape index (κ3) is 4.39. The zero-order valence-corrected chi connectivity index (χ0v) is 12.9. The summed E-state index contributed by atoms with van der Waals surface area (Å²) in [4.78, 5) is 22.5. The molecular weight excluding hydrogens is 299 g/mol. The lowest BCUT2D eigenvalue weighted by molar-refractivity contribution is -0.166. The zero-order valence-electron chi connectivity index (χ0n) is 12.9. The van der Waals surface area contributed by atoms with Crippen molar-refractivity contribution in [1.29, 1.82) is 0 Å². The van der Waals surface area contributed by atoms with Crippen LogP contribution in [0.25, 0.3) is 11.1 Å². The van der Waals surface area contributed by atoms with Crippen LogP contribution in [-0.4, -0.2) is 18.7 Å². The van der Waals surface area contributed by atoms with Gasteiger partial charge in [-0.2, -0.15) is 0 Å². The van der Waals surface area contributed by atoms with Crippen molar-refractivity contribution in [3.63, 3.8) is 0 Å². The van der Waals surface area contributed by atoms with E-state index >= 15 is 0 Å². The number of benzene rings is 2.